The van der Waals surface area contributed by atoms with Crippen LogP contribution in [0.5, 0.6) is 0 Å². The Morgan fingerprint density at radius 3 is 1.19 bits per heavy atom. The number of carbonyl (C=O) groups is 2. The Kier molecular flexibility index (Phi) is 13.5. The highest BCUT2D eigenvalue weighted by atomic mass is 35.5. The van der Waals surface area contributed by atoms with E-state index in [2.05, 4.69) is 27.2 Å². The molecule has 0 aliphatic heterocycles. The van der Waals surface area contributed by atoms with Crippen LogP contribution in [0.2, 0.25) is 0 Å². The van der Waals surface area contributed by atoms with E-state index >= 15 is 0 Å². The number of hydrogen-bond acceptors (Lipinski definition) is 9. The lowest BCUT2D eigenvalue weighted by Gasteiger charge is -1.98. The van der Waals surface area contributed by atoms with Gasteiger partial charge in [0.25, 0.3) is 11.8 Å². The van der Waals surface area contributed by atoms with Crippen molar-refractivity contribution < 1.29 is 30.1 Å². The van der Waals surface area contributed by atoms with Gasteiger partial charge in [0.05, 0.1) is 0 Å². The molecule has 0 radical (unpaired) electrons. The monoisotopic (exact) mass is 516 g/mol. The number of halogens is 2. The molecule has 172 valence electrons. The van der Waals surface area contributed by atoms with Gasteiger partial charge < -0.3 is 0 Å². The summed E-state index contributed by atoms with van der Waals surface area (Å²) in [4.78, 5) is 21.6. The fraction of sp³-hybridized carbons (Fsp3) is 0. The molecule has 0 saturated carbocycles. The van der Waals surface area contributed by atoms with E-state index in [-0.39, 0.29) is 11.8 Å². The molecule has 2 aromatic rings. The van der Waals surface area contributed by atoms with Gasteiger partial charge in [-0.1, -0.05) is 36.4 Å². The summed E-state index contributed by atoms with van der Waals surface area (Å²) in [6.45, 7) is 0. The molecule has 0 fully saturated rings. The predicted octanol–water partition coefficient (Wildman–Crippen LogP) is -0.440. The van der Waals surface area contributed by atoms with Gasteiger partial charge >= 0.3 is 20.6 Å². The summed E-state index contributed by atoms with van der Waals surface area (Å²) in [6, 6.07) is 17.6. The number of benzene rings is 2. The summed E-state index contributed by atoms with van der Waals surface area (Å²) in [6.07, 6.45) is 0. The average Bonchev–Trinajstić information content (AvgIpc) is 2.79. The fourth-order valence-electron chi connectivity index (χ4n) is 1.49. The van der Waals surface area contributed by atoms with Gasteiger partial charge in [0.15, 0.2) is 0 Å². The van der Waals surface area contributed by atoms with Gasteiger partial charge in [-0.2, -0.15) is 16.8 Å². The van der Waals surface area contributed by atoms with Crippen LogP contribution in [0.25, 0.3) is 0 Å². The molecule has 0 heterocycles. The zero-order valence-corrected chi connectivity index (χ0v) is 18.5. The van der Waals surface area contributed by atoms with Crippen molar-refractivity contribution >= 4 is 56.0 Å². The molecule has 2 aromatic carbocycles. The highest BCUT2D eigenvalue weighted by Crippen LogP contribution is 1.97. The number of rotatable bonds is 6. The summed E-state index contributed by atoms with van der Waals surface area (Å²) in [5.41, 5.74) is 5.23. The molecule has 17 heteroatoms. The van der Waals surface area contributed by atoms with Crippen LogP contribution in [0.15, 0.2) is 60.7 Å². The van der Waals surface area contributed by atoms with Crippen LogP contribution in [0.4, 0.5) is 0 Å². The van der Waals surface area contributed by atoms with Crippen LogP contribution in [-0.4, -0.2) is 28.6 Å². The normalized spacial score (nSPS) is 10.5. The Hall–Kier alpha value is -2.34. The summed E-state index contributed by atoms with van der Waals surface area (Å²) in [5.74, 6) is 9.28. The Morgan fingerprint density at radius 1 is 0.677 bits per heavy atom. The number of nitrogen functional groups attached to an aromatic ring is 2. The smallest absolute Gasteiger partial charge is 0.290 e. The molecule has 2 rings (SSSR count). The SMILES string of the molecule is NNC(=O)c1ccccc1.NNC(=O)c1ccccc1.O=S(=O)(NCl)OS(=O)(=O)NCl. The van der Waals surface area contributed by atoms with Crippen LogP contribution < -0.4 is 31.0 Å². The van der Waals surface area contributed by atoms with E-state index in [0.29, 0.717) is 11.1 Å². The molecule has 0 atom stereocenters. The number of carbonyl (C=O) groups excluding carboxylic acids is 2. The molecule has 2 amide bonds. The summed E-state index contributed by atoms with van der Waals surface area (Å²) in [7, 11) is -9.02. The largest absolute Gasteiger partial charge is 0.365 e. The van der Waals surface area contributed by atoms with Gasteiger partial charge in [0.2, 0.25) is 0 Å². The van der Waals surface area contributed by atoms with Crippen molar-refractivity contribution in [2.24, 2.45) is 11.7 Å². The van der Waals surface area contributed by atoms with Crippen molar-refractivity contribution in [3.63, 3.8) is 0 Å². The second-order valence-corrected chi connectivity index (χ2v) is 8.40. The van der Waals surface area contributed by atoms with E-state index < -0.39 is 20.6 Å². The Balaban J connectivity index is 0.000000436. The molecule has 0 spiro atoms. The highest BCUT2D eigenvalue weighted by Gasteiger charge is 2.20. The summed E-state index contributed by atoms with van der Waals surface area (Å²) < 4.78 is 46.5. The maximum absolute atomic E-state index is 10.8. The molecule has 0 aliphatic carbocycles. The second kappa shape index (κ2) is 14.6. The van der Waals surface area contributed by atoms with Crippen molar-refractivity contribution in [1.82, 2.24) is 19.3 Å². The van der Waals surface area contributed by atoms with Crippen molar-refractivity contribution in [2.75, 3.05) is 0 Å². The molecule has 0 aliphatic rings. The van der Waals surface area contributed by atoms with Crippen LogP contribution >= 0.6 is 23.6 Å². The van der Waals surface area contributed by atoms with E-state index in [1.807, 2.05) is 23.0 Å². The molecule has 0 unspecified atom stereocenters. The van der Waals surface area contributed by atoms with E-state index in [1.165, 1.54) is 0 Å². The zero-order chi connectivity index (χ0) is 23.9. The van der Waals surface area contributed by atoms with Gasteiger partial charge in [-0.05, 0) is 47.8 Å². The first-order chi connectivity index (χ1) is 14.5. The van der Waals surface area contributed by atoms with Crippen molar-refractivity contribution in [2.45, 2.75) is 0 Å². The van der Waals surface area contributed by atoms with Crippen LogP contribution in [0, 0.1) is 0 Å². The molecule has 0 aromatic heterocycles. The van der Waals surface area contributed by atoms with Gasteiger partial charge in [-0.3, -0.25) is 20.4 Å². The number of hydrogen-bond donors (Lipinski definition) is 6. The second-order valence-electron chi connectivity index (χ2n) is 4.81. The van der Waals surface area contributed by atoms with Gasteiger partial charge in [0, 0.05) is 11.1 Å². The number of amides is 2. The lowest BCUT2D eigenvalue weighted by Crippen LogP contribution is -2.29. The fourth-order valence-corrected chi connectivity index (χ4v) is 3.10. The summed E-state index contributed by atoms with van der Waals surface area (Å²) in [5, 5.41) is 0. The maximum Gasteiger partial charge on any atom is 0.365 e. The Bertz CT molecular complexity index is 942. The third-order valence-electron chi connectivity index (χ3n) is 2.70. The molecular formula is C14H18Cl2N6O7S2. The predicted molar refractivity (Wildman–Crippen MR) is 113 cm³/mol. The molecule has 31 heavy (non-hydrogen) atoms. The lowest BCUT2D eigenvalue weighted by molar-refractivity contribution is 0.0945. The third kappa shape index (κ3) is 12.8. The first-order valence-electron chi connectivity index (χ1n) is 7.59. The molecule has 8 N–H and O–H groups in total. The van der Waals surface area contributed by atoms with E-state index in [0.717, 1.165) is 8.48 Å². The zero-order valence-electron chi connectivity index (χ0n) is 15.4. The van der Waals surface area contributed by atoms with Gasteiger partial charge in [0.1, 0.15) is 0 Å². The Morgan fingerprint density at radius 2 is 0.968 bits per heavy atom. The van der Waals surface area contributed by atoms with E-state index in [4.69, 9.17) is 11.7 Å². The van der Waals surface area contributed by atoms with Gasteiger partial charge in [-0.15, -0.1) is 12.1 Å². The van der Waals surface area contributed by atoms with Crippen molar-refractivity contribution in [3.05, 3.63) is 71.8 Å². The summed E-state index contributed by atoms with van der Waals surface area (Å²) >= 11 is 9.12. The average molecular weight is 517 g/mol. The Labute approximate surface area is 188 Å². The van der Waals surface area contributed by atoms with Crippen molar-refractivity contribution in [3.8, 4) is 0 Å². The number of nitrogens with one attached hydrogen (secondary N) is 4. The highest BCUT2D eigenvalue weighted by molar-refractivity contribution is 7.98. The van der Waals surface area contributed by atoms with Gasteiger partial charge in [-0.25, -0.2) is 11.7 Å². The minimum Gasteiger partial charge on any atom is -0.290 e. The quantitative estimate of drug-likeness (QED) is 0.127. The van der Waals surface area contributed by atoms with Crippen LogP contribution in [0.1, 0.15) is 20.7 Å². The lowest BCUT2D eigenvalue weighted by atomic mass is 10.2. The first kappa shape index (κ1) is 28.7. The maximum atomic E-state index is 10.8. The standard InChI is InChI=1S/2C7H8N2O.Cl2H2N2O5S2/c2*8-9-7(10)6-4-2-1-3-5-6;1-3-10(5,6)9-11(7,8)4-2/h2*1-5H,8H2,(H,9,10);3-4H. The van der Waals surface area contributed by atoms with Crippen molar-refractivity contribution in [1.29, 1.82) is 0 Å². The minimum absolute atomic E-state index is 0.263. The minimum atomic E-state index is -4.51. The van der Waals surface area contributed by atoms with Crippen LogP contribution in [-0.2, 0) is 24.2 Å². The molecule has 0 bridgehead atoms. The number of hydrazine groups is 2. The molecular weight excluding hydrogens is 499 g/mol. The first-order valence-corrected chi connectivity index (χ1v) is 11.2. The van der Waals surface area contributed by atoms with Crippen LogP contribution in [0.3, 0.4) is 0 Å². The molecule has 0 saturated heterocycles. The van der Waals surface area contributed by atoms with E-state index in [1.54, 1.807) is 48.5 Å². The number of nitrogens with two attached hydrogens (primary N) is 2. The third-order valence-corrected chi connectivity index (χ3v) is 5.65. The molecule has 13 nitrogen and oxygen atoms in total. The van der Waals surface area contributed by atoms with E-state index in [9.17, 15) is 26.4 Å². The topological polar surface area (TPSA) is 212 Å².